The van der Waals surface area contributed by atoms with E-state index >= 15 is 0 Å². The molecule has 0 saturated heterocycles. The summed E-state index contributed by atoms with van der Waals surface area (Å²) in [5.41, 5.74) is -0.514. The monoisotopic (exact) mass is 942 g/mol. The first-order chi connectivity index (χ1) is 32.0. The second kappa shape index (κ2) is 55.3. The van der Waals surface area contributed by atoms with E-state index in [0.29, 0.717) is 172 Å². The van der Waals surface area contributed by atoms with Crippen LogP contribution in [0.4, 0.5) is 4.79 Å². The Balaban J connectivity index is 3.09. The van der Waals surface area contributed by atoms with E-state index in [0.717, 1.165) is 13.0 Å². The van der Waals surface area contributed by atoms with E-state index in [-0.39, 0.29) is 0 Å². The summed E-state index contributed by atoms with van der Waals surface area (Å²) in [4.78, 5) is 11.5. The second-order valence-electron chi connectivity index (χ2n) is 16.7. The lowest BCUT2D eigenvalue weighted by Gasteiger charge is -2.19. The van der Waals surface area contributed by atoms with Crippen molar-refractivity contribution in [1.82, 2.24) is 5.32 Å². The van der Waals surface area contributed by atoms with Crippen molar-refractivity contribution >= 4 is 6.09 Å². The molecule has 390 valence electrons. The lowest BCUT2D eigenvalue weighted by Crippen LogP contribution is -2.34. The minimum absolute atomic E-state index is 0.382. The molecule has 65 heavy (non-hydrogen) atoms. The zero-order valence-corrected chi connectivity index (χ0v) is 42.0. The van der Waals surface area contributed by atoms with Gasteiger partial charge in [0.2, 0.25) is 0 Å². The second-order valence-corrected chi connectivity index (χ2v) is 16.7. The molecule has 1 N–H and O–H groups in total. The third kappa shape index (κ3) is 60.7. The van der Waals surface area contributed by atoms with Crippen LogP contribution in [0.5, 0.6) is 0 Å². The van der Waals surface area contributed by atoms with Crippen molar-refractivity contribution in [2.45, 2.75) is 136 Å². The number of rotatable bonds is 56. The Bertz CT molecular complexity index is 902. The van der Waals surface area contributed by atoms with Crippen LogP contribution < -0.4 is 5.32 Å². The molecule has 16 nitrogen and oxygen atoms in total. The van der Waals surface area contributed by atoms with Gasteiger partial charge in [-0.1, -0.05) is 103 Å². The molecule has 0 bridgehead atoms. The van der Waals surface area contributed by atoms with Crippen LogP contribution in [0, 0.1) is 0 Å². The van der Waals surface area contributed by atoms with Crippen molar-refractivity contribution < 1.29 is 71.1 Å². The Morgan fingerprint density at radius 3 is 0.723 bits per heavy atom. The van der Waals surface area contributed by atoms with Gasteiger partial charge in [-0.25, -0.2) is 4.79 Å². The Morgan fingerprint density at radius 2 is 0.492 bits per heavy atom. The van der Waals surface area contributed by atoms with Crippen molar-refractivity contribution in [1.29, 1.82) is 0 Å². The quantitative estimate of drug-likeness (QED) is 0.0585. The fraction of sp³-hybridized carbons (Fsp3) is 0.980. The van der Waals surface area contributed by atoms with Crippen molar-refractivity contribution in [3.8, 4) is 0 Å². The number of hydrogen-bond acceptors (Lipinski definition) is 15. The standard InChI is InChI=1S/C49H99NO15/c1-5-6-7-8-9-10-11-12-13-14-15-16-17-18-19-20-22-52-24-26-54-28-30-56-32-34-58-36-38-60-40-42-62-44-46-64-47-45-63-43-41-61-39-37-59-35-33-57-31-29-55-27-25-53-23-21-50-48(51)65-49(2,3)4/h5-47H2,1-4H3,(H,50,51). The first kappa shape index (κ1) is 63.8. The fourth-order valence-corrected chi connectivity index (χ4v) is 6.03. The number of nitrogens with one attached hydrogen (secondary N) is 1. The lowest BCUT2D eigenvalue weighted by atomic mass is 10.0. The van der Waals surface area contributed by atoms with Gasteiger partial charge in [-0.15, -0.1) is 0 Å². The van der Waals surface area contributed by atoms with E-state index in [1.54, 1.807) is 0 Å². The Hall–Kier alpha value is -1.25. The van der Waals surface area contributed by atoms with Gasteiger partial charge in [-0.3, -0.25) is 0 Å². The van der Waals surface area contributed by atoms with Crippen molar-refractivity contribution in [2.24, 2.45) is 0 Å². The molecular formula is C49H99NO15. The summed E-state index contributed by atoms with van der Waals surface area (Å²) in [6.07, 6.45) is 21.7. The molecule has 0 aliphatic rings. The number of carbonyl (C=O) groups is 1. The number of hydrogen-bond donors (Lipinski definition) is 1. The number of carbonyl (C=O) groups excluding carboxylic acids is 1. The molecule has 0 aromatic rings. The molecule has 0 fully saturated rings. The van der Waals surface area contributed by atoms with Crippen LogP contribution >= 0.6 is 0 Å². The maximum atomic E-state index is 11.5. The SMILES string of the molecule is CCCCCCCCCCCCCCCCCCOCCOCCOCCOCCOCCOCCOCCOCCOCCOCCOCCOCCOCCNC(=O)OC(C)(C)C. The molecular weight excluding hydrogens is 843 g/mol. The average Bonchev–Trinajstić information content (AvgIpc) is 3.28. The Kier molecular flexibility index (Phi) is 54.3. The third-order valence-electron chi connectivity index (χ3n) is 9.52. The van der Waals surface area contributed by atoms with Gasteiger partial charge < -0.3 is 71.6 Å². The predicted molar refractivity (Wildman–Crippen MR) is 254 cm³/mol. The average molecular weight is 942 g/mol. The maximum Gasteiger partial charge on any atom is 0.407 e. The predicted octanol–water partition coefficient (Wildman–Crippen LogP) is 7.99. The first-order valence-corrected chi connectivity index (χ1v) is 25.4. The van der Waals surface area contributed by atoms with Crippen molar-refractivity contribution in [3.05, 3.63) is 0 Å². The highest BCUT2D eigenvalue weighted by atomic mass is 16.6. The van der Waals surface area contributed by atoms with Gasteiger partial charge >= 0.3 is 6.09 Å². The number of alkyl carbamates (subject to hydrolysis) is 1. The molecule has 0 radical (unpaired) electrons. The Morgan fingerprint density at radius 1 is 0.292 bits per heavy atom. The lowest BCUT2D eigenvalue weighted by molar-refractivity contribution is -0.0290. The van der Waals surface area contributed by atoms with Crippen LogP contribution in [-0.2, 0) is 66.3 Å². The number of amides is 1. The molecule has 0 aliphatic heterocycles. The van der Waals surface area contributed by atoms with Crippen LogP contribution in [0.25, 0.3) is 0 Å². The molecule has 0 aliphatic carbocycles. The summed E-state index contributed by atoms with van der Waals surface area (Å²) < 4.78 is 77.0. The topological polar surface area (TPSA) is 158 Å². The van der Waals surface area contributed by atoms with Crippen LogP contribution in [0.15, 0.2) is 0 Å². The zero-order chi connectivity index (χ0) is 47.1. The highest BCUT2D eigenvalue weighted by Gasteiger charge is 2.15. The van der Waals surface area contributed by atoms with Gasteiger partial charge in [0, 0.05) is 13.2 Å². The summed E-state index contributed by atoms with van der Waals surface area (Å²) in [6.45, 7) is 21.6. The van der Waals surface area contributed by atoms with E-state index in [2.05, 4.69) is 12.2 Å². The van der Waals surface area contributed by atoms with Crippen LogP contribution in [0.2, 0.25) is 0 Å². The number of unbranched alkanes of at least 4 members (excludes halogenated alkanes) is 15. The van der Waals surface area contributed by atoms with Gasteiger partial charge in [0.1, 0.15) is 5.60 Å². The van der Waals surface area contributed by atoms with Gasteiger partial charge in [-0.05, 0) is 27.2 Å². The largest absolute Gasteiger partial charge is 0.444 e. The van der Waals surface area contributed by atoms with E-state index in [1.165, 1.54) is 96.3 Å². The smallest absolute Gasteiger partial charge is 0.407 e. The molecule has 0 spiro atoms. The zero-order valence-electron chi connectivity index (χ0n) is 42.0. The minimum atomic E-state index is -0.514. The molecule has 0 rings (SSSR count). The summed E-state index contributed by atoms with van der Waals surface area (Å²) >= 11 is 0. The Labute approximate surface area is 396 Å². The van der Waals surface area contributed by atoms with Crippen molar-refractivity contribution in [2.75, 3.05) is 178 Å². The summed E-state index contributed by atoms with van der Waals surface area (Å²) in [6, 6.07) is 0. The summed E-state index contributed by atoms with van der Waals surface area (Å²) in [5.74, 6) is 0. The van der Waals surface area contributed by atoms with Crippen LogP contribution in [0.1, 0.15) is 130 Å². The first-order valence-electron chi connectivity index (χ1n) is 25.4. The van der Waals surface area contributed by atoms with E-state index in [9.17, 15) is 4.79 Å². The minimum Gasteiger partial charge on any atom is -0.444 e. The molecule has 0 saturated carbocycles. The molecule has 0 unspecified atom stereocenters. The van der Waals surface area contributed by atoms with E-state index in [4.69, 9.17) is 66.3 Å². The normalized spacial score (nSPS) is 11.8. The maximum absolute atomic E-state index is 11.5. The highest BCUT2D eigenvalue weighted by molar-refractivity contribution is 5.67. The van der Waals surface area contributed by atoms with Gasteiger partial charge in [0.25, 0.3) is 0 Å². The molecule has 16 heteroatoms. The molecule has 0 atom stereocenters. The summed E-state index contributed by atoms with van der Waals surface area (Å²) in [7, 11) is 0. The van der Waals surface area contributed by atoms with E-state index < -0.39 is 11.7 Å². The molecule has 0 aromatic heterocycles. The fourth-order valence-electron chi connectivity index (χ4n) is 6.03. The van der Waals surface area contributed by atoms with Gasteiger partial charge in [-0.2, -0.15) is 0 Å². The molecule has 0 aromatic carbocycles. The van der Waals surface area contributed by atoms with Crippen molar-refractivity contribution in [3.63, 3.8) is 0 Å². The van der Waals surface area contributed by atoms with E-state index in [1.807, 2.05) is 20.8 Å². The van der Waals surface area contributed by atoms with Gasteiger partial charge in [0.15, 0.2) is 0 Å². The summed E-state index contributed by atoms with van der Waals surface area (Å²) in [5, 5.41) is 2.64. The van der Waals surface area contributed by atoms with Gasteiger partial charge in [0.05, 0.1) is 165 Å². The molecule has 1 amide bonds. The number of ether oxygens (including phenoxy) is 14. The van der Waals surface area contributed by atoms with Crippen LogP contribution in [-0.4, -0.2) is 190 Å². The highest BCUT2D eigenvalue weighted by Crippen LogP contribution is 2.14. The molecule has 0 heterocycles. The third-order valence-corrected chi connectivity index (χ3v) is 9.52. The van der Waals surface area contributed by atoms with Crippen LogP contribution in [0.3, 0.4) is 0 Å².